The molecule has 3 heterocycles. The summed E-state index contributed by atoms with van der Waals surface area (Å²) in [4.78, 5) is 25.4. The average Bonchev–Trinajstić information content (AvgIpc) is 2.98. The van der Waals surface area contributed by atoms with E-state index in [2.05, 4.69) is 15.5 Å². The molecule has 1 aromatic rings. The van der Waals surface area contributed by atoms with Crippen molar-refractivity contribution >= 4 is 33.9 Å². The minimum Gasteiger partial charge on any atom is -1.00 e. The van der Waals surface area contributed by atoms with Gasteiger partial charge in [-0.2, -0.15) is 8.42 Å². The molecule has 1 aromatic heterocycles. The number of nitrogens with zero attached hydrogens (tertiary/aromatic N) is 6. The van der Waals surface area contributed by atoms with Crippen LogP contribution in [0.15, 0.2) is 5.16 Å². The molecule has 0 saturated carbocycles. The standard InChI is InChI=1S/C9H12N6O5S2.Na.H/c1-13-9(10-11-12-13)21-4-6(16)14-3-2-5-7(14)8(17)15(5)22(18,19)20;;/h5,7H,2-4H2,1H3,(H,18,19,20);;/q;+1;-1/t5-,7+;;/m1../s1. The molecule has 11 nitrogen and oxygen atoms in total. The van der Waals surface area contributed by atoms with Crippen LogP contribution in [0.3, 0.4) is 0 Å². The Bertz CT molecular complexity index is 745. The molecule has 3 rings (SSSR count). The average molecular weight is 372 g/mol. The van der Waals surface area contributed by atoms with Gasteiger partial charge < -0.3 is 6.33 Å². The second-order valence-corrected chi connectivity index (χ2v) is 7.11. The summed E-state index contributed by atoms with van der Waals surface area (Å²) < 4.78 is 33.0. The van der Waals surface area contributed by atoms with Crippen molar-refractivity contribution in [2.24, 2.45) is 7.05 Å². The van der Waals surface area contributed by atoms with E-state index in [1.165, 1.54) is 9.58 Å². The normalized spacial score (nSPS) is 23.3. The molecular weight excluding hydrogens is 359 g/mol. The fraction of sp³-hybridized carbons (Fsp3) is 0.667. The van der Waals surface area contributed by atoms with E-state index in [0.29, 0.717) is 15.9 Å². The molecule has 1 N–H and O–H groups in total. The quantitative estimate of drug-likeness (QED) is 0.238. The minimum atomic E-state index is -4.56. The molecule has 2 aliphatic rings. The number of rotatable bonds is 4. The number of carbonyl (C=O) groups excluding carboxylic acids is 2. The molecule has 0 unspecified atom stereocenters. The zero-order valence-electron chi connectivity index (χ0n) is 13.4. The van der Waals surface area contributed by atoms with Crippen LogP contribution in [-0.2, 0) is 26.9 Å². The third-order valence-electron chi connectivity index (χ3n) is 3.61. The summed E-state index contributed by atoms with van der Waals surface area (Å²) in [5, 5.41) is 11.3. The Morgan fingerprint density at radius 1 is 1.52 bits per heavy atom. The Kier molecular flexibility index (Phi) is 5.37. The van der Waals surface area contributed by atoms with E-state index in [9.17, 15) is 18.0 Å². The Morgan fingerprint density at radius 3 is 2.78 bits per heavy atom. The molecule has 0 aromatic carbocycles. The van der Waals surface area contributed by atoms with Gasteiger partial charge in [0.05, 0.1) is 11.8 Å². The molecule has 2 fully saturated rings. The maximum atomic E-state index is 12.2. The van der Waals surface area contributed by atoms with Crippen molar-refractivity contribution in [1.82, 2.24) is 29.4 Å². The van der Waals surface area contributed by atoms with Gasteiger partial charge in [-0.05, 0) is 16.8 Å². The van der Waals surface area contributed by atoms with Gasteiger partial charge in [-0.1, -0.05) is 11.8 Å². The maximum absolute atomic E-state index is 12.2. The van der Waals surface area contributed by atoms with Gasteiger partial charge in [-0.3, -0.25) is 14.1 Å². The first-order valence-corrected chi connectivity index (χ1v) is 8.64. The number of β-lactam (4-membered cyclic amide) rings is 1. The van der Waals surface area contributed by atoms with Crippen LogP contribution in [0.2, 0.25) is 0 Å². The van der Waals surface area contributed by atoms with Gasteiger partial charge in [-0.25, -0.2) is 8.99 Å². The second-order valence-electron chi connectivity index (χ2n) is 4.87. The first kappa shape index (κ1) is 18.6. The Balaban J connectivity index is 0.00000144. The monoisotopic (exact) mass is 372 g/mol. The van der Waals surface area contributed by atoms with Crippen LogP contribution in [0.25, 0.3) is 0 Å². The minimum absolute atomic E-state index is 0. The van der Waals surface area contributed by atoms with Crippen LogP contribution in [0.4, 0.5) is 0 Å². The predicted molar refractivity (Wildman–Crippen MR) is 72.9 cm³/mol. The summed E-state index contributed by atoms with van der Waals surface area (Å²) in [5.41, 5.74) is 0. The van der Waals surface area contributed by atoms with Gasteiger partial charge in [0.2, 0.25) is 11.1 Å². The fourth-order valence-electron chi connectivity index (χ4n) is 2.65. The second kappa shape index (κ2) is 6.64. The first-order chi connectivity index (χ1) is 10.3. The zero-order valence-corrected chi connectivity index (χ0v) is 16.0. The fourth-order valence-corrected chi connectivity index (χ4v) is 4.28. The molecule has 2 saturated heterocycles. The molecule has 2 atom stereocenters. The molecule has 23 heavy (non-hydrogen) atoms. The topological polar surface area (TPSA) is 139 Å². The number of amides is 2. The maximum Gasteiger partial charge on any atom is 1.00 e. The van der Waals surface area contributed by atoms with E-state index in [1.807, 2.05) is 0 Å². The van der Waals surface area contributed by atoms with Crippen molar-refractivity contribution in [3.63, 3.8) is 0 Å². The SMILES string of the molecule is Cn1nnnc1SCC(=O)N1CC[C@@H]2[C@H]1C(=O)N2S(=O)(=O)O.[H-].[Na+]. The van der Waals surface area contributed by atoms with Crippen molar-refractivity contribution in [3.8, 4) is 0 Å². The smallest absolute Gasteiger partial charge is 1.00 e. The number of aromatic nitrogens is 4. The zero-order chi connectivity index (χ0) is 16.1. The van der Waals surface area contributed by atoms with Crippen LogP contribution < -0.4 is 29.6 Å². The van der Waals surface area contributed by atoms with E-state index in [0.717, 1.165) is 11.8 Å². The number of hydrogen-bond donors (Lipinski definition) is 1. The number of aryl methyl sites for hydroxylation is 1. The van der Waals surface area contributed by atoms with Gasteiger partial charge in [0.25, 0.3) is 5.91 Å². The number of tetrazole rings is 1. The Morgan fingerprint density at radius 2 is 2.22 bits per heavy atom. The molecule has 0 radical (unpaired) electrons. The number of fused-ring (bicyclic) bond motifs is 1. The number of likely N-dealkylation sites (tertiary alicyclic amines) is 1. The summed E-state index contributed by atoms with van der Waals surface area (Å²) >= 11 is 1.13. The third-order valence-corrected chi connectivity index (χ3v) is 5.56. The molecule has 2 aliphatic heterocycles. The number of carbonyl (C=O) groups is 2. The van der Waals surface area contributed by atoms with Crippen LogP contribution in [0.5, 0.6) is 0 Å². The molecule has 0 spiro atoms. The van der Waals surface area contributed by atoms with Crippen molar-refractivity contribution in [2.75, 3.05) is 12.3 Å². The summed E-state index contributed by atoms with van der Waals surface area (Å²) in [6.45, 7) is 0.267. The van der Waals surface area contributed by atoms with Crippen LogP contribution >= 0.6 is 11.8 Å². The van der Waals surface area contributed by atoms with E-state index in [-0.39, 0.29) is 49.2 Å². The Labute approximate surface area is 159 Å². The molecule has 14 heteroatoms. The Hall–Kier alpha value is -0.730. The third kappa shape index (κ3) is 3.25. The molecule has 0 aliphatic carbocycles. The van der Waals surface area contributed by atoms with Crippen LogP contribution in [-0.4, -0.2) is 78.6 Å². The van der Waals surface area contributed by atoms with Gasteiger partial charge in [-0.15, -0.1) is 5.10 Å². The summed E-state index contributed by atoms with van der Waals surface area (Å²) in [5.74, 6) is -1.04. The van der Waals surface area contributed by atoms with Crippen LogP contribution in [0, 0.1) is 0 Å². The van der Waals surface area contributed by atoms with Gasteiger partial charge in [0.1, 0.15) is 6.04 Å². The molecule has 0 bridgehead atoms. The molecular formula is C9H13N6NaO5S2. The van der Waals surface area contributed by atoms with Crippen molar-refractivity contribution in [3.05, 3.63) is 0 Å². The molecule has 2 amide bonds. The molecule has 122 valence electrons. The van der Waals surface area contributed by atoms with Gasteiger partial charge in [0, 0.05) is 13.6 Å². The summed E-state index contributed by atoms with van der Waals surface area (Å²) in [7, 11) is -2.92. The van der Waals surface area contributed by atoms with E-state index in [4.69, 9.17) is 4.55 Å². The summed E-state index contributed by atoms with van der Waals surface area (Å²) in [6, 6.07) is -1.49. The van der Waals surface area contributed by atoms with Crippen molar-refractivity contribution < 1.29 is 53.5 Å². The predicted octanol–water partition coefficient (Wildman–Crippen LogP) is -4.97. The summed E-state index contributed by atoms with van der Waals surface area (Å²) in [6.07, 6.45) is 0.318. The number of thioether (sulfide) groups is 1. The van der Waals surface area contributed by atoms with Crippen molar-refractivity contribution in [2.45, 2.75) is 23.7 Å². The van der Waals surface area contributed by atoms with E-state index < -0.39 is 28.3 Å². The van der Waals surface area contributed by atoms with Crippen molar-refractivity contribution in [1.29, 1.82) is 0 Å². The van der Waals surface area contributed by atoms with Gasteiger partial charge >= 0.3 is 39.9 Å². The van der Waals surface area contributed by atoms with E-state index >= 15 is 0 Å². The first-order valence-electron chi connectivity index (χ1n) is 6.26. The van der Waals surface area contributed by atoms with Gasteiger partial charge in [0.15, 0.2) is 0 Å². The van der Waals surface area contributed by atoms with Crippen LogP contribution in [0.1, 0.15) is 7.85 Å². The largest absolute Gasteiger partial charge is 1.00 e. The van der Waals surface area contributed by atoms with E-state index in [1.54, 1.807) is 7.05 Å². The number of hydrogen-bond acceptors (Lipinski definition) is 8.